The Kier molecular flexibility index (Phi) is 5.65. The maximum absolute atomic E-state index is 12.8. The summed E-state index contributed by atoms with van der Waals surface area (Å²) in [5.74, 6) is 0.866. The van der Waals surface area contributed by atoms with Crippen LogP contribution in [0.1, 0.15) is 37.8 Å². The van der Waals surface area contributed by atoms with Gasteiger partial charge in [-0.1, -0.05) is 23.2 Å². The molecule has 1 atom stereocenters. The second-order valence-electron chi connectivity index (χ2n) is 6.09. The van der Waals surface area contributed by atoms with Crippen LogP contribution in [0.15, 0.2) is 17.3 Å². The van der Waals surface area contributed by atoms with Gasteiger partial charge in [0.1, 0.15) is 10.8 Å². The molecule has 1 aromatic carbocycles. The molecule has 2 aliphatic rings. The zero-order valence-electron chi connectivity index (χ0n) is 14.8. The van der Waals surface area contributed by atoms with Crippen LogP contribution >= 0.6 is 35.4 Å². The number of hydrogen-bond acceptors (Lipinski definition) is 4. The van der Waals surface area contributed by atoms with E-state index >= 15 is 0 Å². The first-order valence-electron chi connectivity index (χ1n) is 8.38. The number of rotatable bonds is 4. The highest BCUT2D eigenvalue weighted by Gasteiger charge is 2.38. The number of carbonyl (C=O) groups is 1. The number of allylic oxidation sites excluding steroid dienone is 1. The van der Waals surface area contributed by atoms with E-state index in [9.17, 15) is 4.79 Å². The van der Waals surface area contributed by atoms with Gasteiger partial charge in [0.25, 0.3) is 0 Å². The number of methoxy groups -OCH3 is 2. The molecule has 5 nitrogen and oxygen atoms in total. The highest BCUT2D eigenvalue weighted by molar-refractivity contribution is 7.80. The van der Waals surface area contributed by atoms with Gasteiger partial charge in [0.05, 0.1) is 25.3 Å². The minimum Gasteiger partial charge on any atom is -0.495 e. The van der Waals surface area contributed by atoms with Gasteiger partial charge in [0, 0.05) is 29.8 Å². The van der Waals surface area contributed by atoms with Gasteiger partial charge < -0.3 is 19.7 Å². The van der Waals surface area contributed by atoms with E-state index < -0.39 is 6.04 Å². The summed E-state index contributed by atoms with van der Waals surface area (Å²) in [6.45, 7) is 2.71. The number of benzene rings is 1. The topological polar surface area (TPSA) is 50.8 Å². The Morgan fingerprint density at radius 1 is 1.27 bits per heavy atom. The van der Waals surface area contributed by atoms with Crippen molar-refractivity contribution in [2.24, 2.45) is 0 Å². The van der Waals surface area contributed by atoms with Gasteiger partial charge in [0.15, 0.2) is 16.6 Å². The molecule has 0 fully saturated rings. The second-order valence-corrected chi connectivity index (χ2v) is 7.26. The van der Waals surface area contributed by atoms with Gasteiger partial charge in [0.2, 0.25) is 0 Å². The molecule has 0 bridgehead atoms. The van der Waals surface area contributed by atoms with E-state index in [1.54, 1.807) is 6.07 Å². The molecule has 26 heavy (non-hydrogen) atoms. The normalized spacial score (nSPS) is 20.0. The van der Waals surface area contributed by atoms with Crippen LogP contribution in [0.2, 0.25) is 10.0 Å². The standard InChI is InChI=1S/C18H20Cl2N2O3S/c1-4-22-11-6-5-7-12(23)13(11)15(21-18(22)26)9-8-10(19)17(25-3)14(20)16(9)24-2/h8,15H,4-7H2,1-3H3,(H,21,26). The van der Waals surface area contributed by atoms with E-state index in [1.807, 2.05) is 11.8 Å². The Bertz CT molecular complexity index is 810. The lowest BCUT2D eigenvalue weighted by molar-refractivity contribution is -0.116. The molecule has 1 aliphatic carbocycles. The fourth-order valence-corrected chi connectivity index (χ4v) is 4.69. The van der Waals surface area contributed by atoms with E-state index in [1.165, 1.54) is 14.2 Å². The Hall–Kier alpha value is -1.50. The lowest BCUT2D eigenvalue weighted by atomic mass is 9.84. The van der Waals surface area contributed by atoms with Crippen LogP contribution in [-0.2, 0) is 4.79 Å². The van der Waals surface area contributed by atoms with E-state index in [-0.39, 0.29) is 10.8 Å². The van der Waals surface area contributed by atoms with Crippen LogP contribution in [0.25, 0.3) is 0 Å². The molecular weight excluding hydrogens is 395 g/mol. The van der Waals surface area contributed by atoms with Crippen molar-refractivity contribution in [2.45, 2.75) is 32.2 Å². The number of thiocarbonyl (C=S) groups is 1. The summed E-state index contributed by atoms with van der Waals surface area (Å²) in [4.78, 5) is 14.8. The maximum Gasteiger partial charge on any atom is 0.173 e. The van der Waals surface area contributed by atoms with Crippen LogP contribution in [0.4, 0.5) is 0 Å². The lowest BCUT2D eigenvalue weighted by Crippen LogP contribution is -2.49. The fraction of sp³-hybridized carbons (Fsp3) is 0.444. The average molecular weight is 415 g/mol. The molecule has 1 unspecified atom stereocenters. The molecule has 0 amide bonds. The molecular formula is C18H20Cl2N2O3S. The predicted molar refractivity (Wildman–Crippen MR) is 106 cm³/mol. The van der Waals surface area contributed by atoms with Crippen LogP contribution in [0.5, 0.6) is 11.5 Å². The van der Waals surface area contributed by atoms with Crippen molar-refractivity contribution in [3.05, 3.63) is 32.9 Å². The first-order chi connectivity index (χ1) is 12.4. The molecule has 0 saturated carbocycles. The van der Waals surface area contributed by atoms with Crippen LogP contribution < -0.4 is 14.8 Å². The molecule has 1 aliphatic heterocycles. The number of ketones is 1. The number of nitrogens with zero attached hydrogens (tertiary/aromatic N) is 1. The van der Waals surface area contributed by atoms with Crippen molar-refractivity contribution in [3.63, 3.8) is 0 Å². The van der Waals surface area contributed by atoms with Crippen molar-refractivity contribution in [1.29, 1.82) is 0 Å². The molecule has 1 aromatic rings. The predicted octanol–water partition coefficient (Wildman–Crippen LogP) is 4.27. The quantitative estimate of drug-likeness (QED) is 0.742. The van der Waals surface area contributed by atoms with Gasteiger partial charge in [-0.05, 0) is 38.0 Å². The number of halogens is 2. The Morgan fingerprint density at radius 2 is 1.96 bits per heavy atom. The van der Waals surface area contributed by atoms with Gasteiger partial charge in [-0.15, -0.1) is 0 Å². The maximum atomic E-state index is 12.8. The van der Waals surface area contributed by atoms with Gasteiger partial charge >= 0.3 is 0 Å². The molecule has 0 spiro atoms. The number of carbonyl (C=O) groups excluding carboxylic acids is 1. The first kappa shape index (κ1) is 19.3. The smallest absolute Gasteiger partial charge is 0.173 e. The van der Waals surface area contributed by atoms with Crippen molar-refractivity contribution in [3.8, 4) is 11.5 Å². The zero-order valence-corrected chi connectivity index (χ0v) is 17.1. The minimum atomic E-state index is -0.455. The SMILES string of the molecule is CCN1C(=S)NC(c2cc(Cl)c(OC)c(Cl)c2OC)C2=C1CCCC2=O. The minimum absolute atomic E-state index is 0.106. The number of nitrogens with one attached hydrogen (secondary N) is 1. The molecule has 0 saturated heterocycles. The van der Waals surface area contributed by atoms with E-state index in [4.69, 9.17) is 44.9 Å². The number of hydrogen-bond donors (Lipinski definition) is 1. The number of ether oxygens (including phenoxy) is 2. The third-order valence-corrected chi connectivity index (χ3v) is 5.71. The van der Waals surface area contributed by atoms with E-state index in [2.05, 4.69) is 5.32 Å². The average Bonchev–Trinajstić information content (AvgIpc) is 2.61. The summed E-state index contributed by atoms with van der Waals surface area (Å²) < 4.78 is 10.8. The highest BCUT2D eigenvalue weighted by Crippen LogP contribution is 2.47. The van der Waals surface area contributed by atoms with Crippen molar-refractivity contribution in [1.82, 2.24) is 10.2 Å². The molecule has 8 heteroatoms. The largest absolute Gasteiger partial charge is 0.495 e. The van der Waals surface area contributed by atoms with Crippen molar-refractivity contribution >= 4 is 46.3 Å². The van der Waals surface area contributed by atoms with E-state index in [0.717, 1.165) is 18.5 Å². The summed E-state index contributed by atoms with van der Waals surface area (Å²) >= 11 is 18.3. The Balaban J connectivity index is 2.23. The number of Topliss-reactive ketones (excluding diaryl/α,β-unsaturated/α-hetero) is 1. The molecule has 3 rings (SSSR count). The third kappa shape index (κ3) is 3.04. The van der Waals surface area contributed by atoms with Crippen LogP contribution in [-0.4, -0.2) is 36.6 Å². The Labute approximate surface area is 168 Å². The van der Waals surface area contributed by atoms with Crippen LogP contribution in [0.3, 0.4) is 0 Å². The van der Waals surface area contributed by atoms with Crippen molar-refractivity contribution in [2.75, 3.05) is 20.8 Å². The summed E-state index contributed by atoms with van der Waals surface area (Å²) in [6.07, 6.45) is 2.15. The Morgan fingerprint density at radius 3 is 2.58 bits per heavy atom. The molecule has 1 heterocycles. The van der Waals surface area contributed by atoms with Gasteiger partial charge in [-0.2, -0.15) is 0 Å². The highest BCUT2D eigenvalue weighted by atomic mass is 35.5. The van der Waals surface area contributed by atoms with Crippen molar-refractivity contribution < 1.29 is 14.3 Å². The van der Waals surface area contributed by atoms with Gasteiger partial charge in [-0.25, -0.2) is 0 Å². The van der Waals surface area contributed by atoms with E-state index in [0.29, 0.717) is 45.7 Å². The summed E-state index contributed by atoms with van der Waals surface area (Å²) in [7, 11) is 3.01. The summed E-state index contributed by atoms with van der Waals surface area (Å²) in [5.41, 5.74) is 2.36. The lowest BCUT2D eigenvalue weighted by Gasteiger charge is -2.40. The summed E-state index contributed by atoms with van der Waals surface area (Å²) in [6, 6.07) is 1.27. The molecule has 140 valence electrons. The van der Waals surface area contributed by atoms with Gasteiger partial charge in [-0.3, -0.25) is 4.79 Å². The summed E-state index contributed by atoms with van der Waals surface area (Å²) in [5, 5.41) is 4.47. The fourth-order valence-electron chi connectivity index (χ4n) is 3.63. The second kappa shape index (κ2) is 7.62. The molecule has 0 radical (unpaired) electrons. The van der Waals surface area contributed by atoms with Crippen LogP contribution in [0, 0.1) is 0 Å². The monoisotopic (exact) mass is 414 g/mol. The zero-order chi connectivity index (χ0) is 19.0. The first-order valence-corrected chi connectivity index (χ1v) is 9.55. The molecule has 1 N–H and O–H groups in total. The third-order valence-electron chi connectivity index (χ3n) is 4.75. The molecule has 0 aromatic heterocycles.